The van der Waals surface area contributed by atoms with Crippen molar-refractivity contribution in [2.45, 2.75) is 73.9 Å². The van der Waals surface area contributed by atoms with Crippen molar-refractivity contribution in [3.8, 4) is 0 Å². The van der Waals surface area contributed by atoms with Crippen molar-refractivity contribution in [2.24, 2.45) is 28.6 Å². The third kappa shape index (κ3) is 1.86. The van der Waals surface area contributed by atoms with Gasteiger partial charge in [-0.2, -0.15) is 0 Å². The second kappa shape index (κ2) is 6.25. The Labute approximate surface area is 199 Å². The van der Waals surface area contributed by atoms with Crippen LogP contribution in [0.5, 0.6) is 0 Å². The number of methoxy groups -OCH3 is 2. The van der Waals surface area contributed by atoms with E-state index >= 15 is 0 Å². The summed E-state index contributed by atoms with van der Waals surface area (Å²) in [6.45, 7) is 4.33. The van der Waals surface area contributed by atoms with Gasteiger partial charge in [0.1, 0.15) is 18.5 Å². The molecule has 0 aromatic carbocycles. The molecule has 0 amide bonds. The summed E-state index contributed by atoms with van der Waals surface area (Å²) in [6.07, 6.45) is 2.68. The molecule has 7 aliphatic rings. The zero-order valence-electron chi connectivity index (χ0n) is 20.4. The lowest BCUT2D eigenvalue weighted by Gasteiger charge is -2.70. The molecule has 9 nitrogen and oxygen atoms in total. The second-order valence-corrected chi connectivity index (χ2v) is 12.1. The molecule has 4 saturated carbocycles. The van der Waals surface area contributed by atoms with E-state index in [0.29, 0.717) is 12.8 Å². The van der Waals surface area contributed by atoms with Gasteiger partial charge in [-0.25, -0.2) is 0 Å². The summed E-state index contributed by atoms with van der Waals surface area (Å²) in [5.74, 6) is -1.34. The smallest absolute Gasteiger partial charge is 0.303 e. The minimum Gasteiger partial charge on any atom is -0.459 e. The Morgan fingerprint density at radius 1 is 1.18 bits per heavy atom. The van der Waals surface area contributed by atoms with Gasteiger partial charge in [-0.05, 0) is 13.5 Å². The molecule has 2 saturated heterocycles. The zero-order chi connectivity index (χ0) is 24.1. The SMILES string of the molecule is CO[C@H]1[C@@H]2C[C@]3(O)[C@H]1[C@@]1(C[C@H]2O)OCO[C@]12[C@@H](OC(C)=O)[C@@H]1[C@]34[C@@H](OC)C=C[C@]1(C)CN(C)[C@@H]24. The average Bonchev–Trinajstić information content (AvgIpc) is 3.32. The highest BCUT2D eigenvalue weighted by molar-refractivity contribution is 5.67. The van der Waals surface area contributed by atoms with E-state index < -0.39 is 63.9 Å². The van der Waals surface area contributed by atoms with Gasteiger partial charge in [0.25, 0.3) is 0 Å². The van der Waals surface area contributed by atoms with Crippen molar-refractivity contribution in [3.05, 3.63) is 12.2 Å². The number of fused-ring (bicyclic) bond motifs is 1. The first-order valence-electron chi connectivity index (χ1n) is 12.4. The fourth-order valence-electron chi connectivity index (χ4n) is 10.9. The number of aliphatic hydroxyl groups is 2. The van der Waals surface area contributed by atoms with Crippen molar-refractivity contribution in [1.29, 1.82) is 0 Å². The predicted molar refractivity (Wildman–Crippen MR) is 116 cm³/mol. The van der Waals surface area contributed by atoms with E-state index in [2.05, 4.69) is 31.0 Å². The van der Waals surface area contributed by atoms with Crippen LogP contribution in [0.4, 0.5) is 0 Å². The van der Waals surface area contributed by atoms with Crippen molar-refractivity contribution in [1.82, 2.24) is 4.90 Å². The van der Waals surface area contributed by atoms with Crippen LogP contribution in [0.1, 0.15) is 26.7 Å². The Hall–Kier alpha value is -1.07. The summed E-state index contributed by atoms with van der Waals surface area (Å²) in [5, 5.41) is 24.5. The number of likely N-dealkylation sites (tertiary alicyclic amines) is 1. The standard InChI is InChI=1S/C25H35NO8/c1-12(27)34-19-18-21(2)7-6-15(30-4)24(18)20(26(3)10-21)25(19)23(32-11-33-25)9-14(28)13-8-22(24,29)17(23)16(13)31-5/h6-7,13-20,28-29H,8-11H2,1-5H3/t13-,14-,15+,16+,17+,18+,19+,20-,21-,22+,23-,24+,25+/m1/s1. The highest BCUT2D eigenvalue weighted by Gasteiger charge is 2.97. The third-order valence-corrected chi connectivity index (χ3v) is 11.1. The van der Waals surface area contributed by atoms with E-state index in [-0.39, 0.29) is 24.7 Å². The predicted octanol–water partition coefficient (Wildman–Crippen LogP) is 0.0817. The number of hydrogen-bond donors (Lipinski definition) is 2. The summed E-state index contributed by atoms with van der Waals surface area (Å²) in [4.78, 5) is 14.9. The van der Waals surface area contributed by atoms with Gasteiger partial charge in [-0.15, -0.1) is 0 Å². The number of aliphatic hydroxyl groups excluding tert-OH is 1. The van der Waals surface area contributed by atoms with Gasteiger partial charge in [-0.3, -0.25) is 9.69 Å². The zero-order valence-corrected chi connectivity index (χ0v) is 20.4. The van der Waals surface area contributed by atoms with Crippen LogP contribution in [0.25, 0.3) is 0 Å². The van der Waals surface area contributed by atoms with Gasteiger partial charge in [0.05, 0.1) is 35.4 Å². The minimum atomic E-state index is -1.29. The lowest BCUT2D eigenvalue weighted by atomic mass is 9.42. The van der Waals surface area contributed by atoms with Gasteiger partial charge in [-0.1, -0.05) is 19.1 Å². The van der Waals surface area contributed by atoms with E-state index in [1.807, 2.05) is 0 Å². The van der Waals surface area contributed by atoms with Crippen LogP contribution in [-0.4, -0.2) is 103 Å². The van der Waals surface area contributed by atoms with E-state index in [0.717, 1.165) is 6.54 Å². The molecule has 7 rings (SSSR count). The molecule has 3 spiro atoms. The van der Waals surface area contributed by atoms with Crippen LogP contribution in [0, 0.1) is 28.6 Å². The van der Waals surface area contributed by atoms with Crippen LogP contribution in [-0.2, 0) is 28.5 Å². The molecule has 0 unspecified atom stereocenters. The van der Waals surface area contributed by atoms with Crippen LogP contribution >= 0.6 is 0 Å². The number of hydrogen-bond acceptors (Lipinski definition) is 9. The summed E-state index contributed by atoms with van der Waals surface area (Å²) in [5.41, 5.74) is -4.69. The number of carbonyl (C=O) groups excluding carboxylic acids is 1. The number of esters is 1. The van der Waals surface area contributed by atoms with Crippen molar-refractivity contribution in [2.75, 3.05) is 34.6 Å². The first-order chi connectivity index (χ1) is 16.1. The van der Waals surface area contributed by atoms with E-state index in [4.69, 9.17) is 23.7 Å². The fraction of sp³-hybridized carbons (Fsp3) is 0.880. The van der Waals surface area contributed by atoms with Crippen molar-refractivity contribution in [3.63, 3.8) is 0 Å². The largest absolute Gasteiger partial charge is 0.459 e. The van der Waals surface area contributed by atoms with Gasteiger partial charge >= 0.3 is 5.97 Å². The molecule has 2 heterocycles. The first kappa shape index (κ1) is 22.2. The number of carbonyl (C=O) groups is 1. The molecule has 188 valence electrons. The first-order valence-corrected chi connectivity index (χ1v) is 12.4. The summed E-state index contributed by atoms with van der Waals surface area (Å²) >= 11 is 0. The fourth-order valence-corrected chi connectivity index (χ4v) is 10.9. The average molecular weight is 478 g/mol. The molecule has 7 bridgehead atoms. The Kier molecular flexibility index (Phi) is 4.07. The van der Waals surface area contributed by atoms with Crippen molar-refractivity contribution < 1.29 is 38.7 Å². The van der Waals surface area contributed by atoms with Crippen LogP contribution < -0.4 is 0 Å². The Bertz CT molecular complexity index is 990. The maximum absolute atomic E-state index is 13.1. The van der Waals surface area contributed by atoms with E-state index in [1.54, 1.807) is 14.2 Å². The third-order valence-electron chi connectivity index (χ3n) is 11.1. The lowest BCUT2D eigenvalue weighted by Crippen LogP contribution is -2.84. The normalized spacial score (nSPS) is 62.6. The molecule has 6 fully saturated rings. The number of nitrogens with zero attached hydrogens (tertiary/aromatic N) is 1. The van der Waals surface area contributed by atoms with E-state index in [9.17, 15) is 15.0 Å². The van der Waals surface area contributed by atoms with Crippen LogP contribution in [0.2, 0.25) is 0 Å². The number of likely N-dealkylation sites (N-methyl/N-ethyl adjacent to an activating group) is 1. The van der Waals surface area contributed by atoms with Gasteiger partial charge < -0.3 is 33.9 Å². The Morgan fingerprint density at radius 2 is 1.94 bits per heavy atom. The van der Waals surface area contributed by atoms with Crippen LogP contribution in [0.3, 0.4) is 0 Å². The van der Waals surface area contributed by atoms with Crippen molar-refractivity contribution >= 4 is 5.97 Å². The van der Waals surface area contributed by atoms with Gasteiger partial charge in [0.2, 0.25) is 0 Å². The summed E-state index contributed by atoms with van der Waals surface area (Å²) in [6, 6.07) is -0.345. The van der Waals surface area contributed by atoms with E-state index in [1.165, 1.54) is 6.92 Å². The molecule has 0 radical (unpaired) electrons. The summed E-state index contributed by atoms with van der Waals surface area (Å²) in [7, 11) is 5.37. The van der Waals surface area contributed by atoms with Gasteiger partial charge in [0, 0.05) is 57.3 Å². The molecular weight excluding hydrogens is 442 g/mol. The summed E-state index contributed by atoms with van der Waals surface area (Å²) < 4.78 is 31.7. The molecule has 5 aliphatic carbocycles. The maximum atomic E-state index is 13.1. The molecule has 2 N–H and O–H groups in total. The second-order valence-electron chi connectivity index (χ2n) is 12.1. The van der Waals surface area contributed by atoms with Crippen LogP contribution in [0.15, 0.2) is 12.2 Å². The van der Waals surface area contributed by atoms with Gasteiger partial charge in [0.15, 0.2) is 5.60 Å². The number of piperidine rings is 1. The highest BCUT2D eigenvalue weighted by Crippen LogP contribution is 2.82. The number of rotatable bonds is 3. The molecule has 34 heavy (non-hydrogen) atoms. The number of ether oxygens (including phenoxy) is 5. The Balaban J connectivity index is 1.63. The lowest BCUT2D eigenvalue weighted by molar-refractivity contribution is -0.315. The minimum absolute atomic E-state index is 0.00704. The molecule has 13 atom stereocenters. The monoisotopic (exact) mass is 477 g/mol. The molecule has 2 aliphatic heterocycles. The quantitative estimate of drug-likeness (QED) is 0.432. The highest BCUT2D eigenvalue weighted by atomic mass is 16.7. The molecule has 0 aromatic rings. The molecular formula is C25H35NO8. The maximum Gasteiger partial charge on any atom is 0.303 e. The molecule has 0 aromatic heterocycles. The molecule has 9 heteroatoms. The topological polar surface area (TPSA) is 107 Å². The Morgan fingerprint density at radius 3 is 2.62 bits per heavy atom.